The van der Waals surface area contributed by atoms with Crippen LogP contribution >= 0.6 is 0 Å². The van der Waals surface area contributed by atoms with Crippen molar-refractivity contribution in [3.8, 4) is 6.07 Å². The Morgan fingerprint density at radius 2 is 2.05 bits per heavy atom. The molecule has 0 saturated heterocycles. The first-order chi connectivity index (χ1) is 9.96. The van der Waals surface area contributed by atoms with Gasteiger partial charge in [-0.2, -0.15) is 5.26 Å². The summed E-state index contributed by atoms with van der Waals surface area (Å²) in [6, 6.07) is 7.74. The second kappa shape index (κ2) is 5.76. The molecule has 0 aliphatic heterocycles. The Balaban J connectivity index is 2.35. The third-order valence-corrected chi connectivity index (χ3v) is 4.02. The normalized spacial score (nSPS) is 10.7. The summed E-state index contributed by atoms with van der Waals surface area (Å²) >= 11 is 0. The molecular weight excluding hydrogens is 295 g/mol. The summed E-state index contributed by atoms with van der Waals surface area (Å²) in [4.78, 5) is 3.93. The maximum atomic E-state index is 13.2. The summed E-state index contributed by atoms with van der Waals surface area (Å²) in [6.07, 6.45) is 1.35. The largest absolute Gasteiger partial charge is 0.373 e. The highest BCUT2D eigenvalue weighted by Gasteiger charge is 2.16. The van der Waals surface area contributed by atoms with Gasteiger partial charge in [0.25, 0.3) is 10.0 Å². The van der Waals surface area contributed by atoms with Gasteiger partial charge in [0.15, 0.2) is 0 Å². The van der Waals surface area contributed by atoms with Gasteiger partial charge in [-0.15, -0.1) is 0 Å². The van der Waals surface area contributed by atoms with Gasteiger partial charge in [0.05, 0.1) is 16.1 Å². The number of pyridine rings is 1. The van der Waals surface area contributed by atoms with E-state index in [0.717, 1.165) is 12.1 Å². The number of hydrogen-bond acceptors (Lipinski definition) is 5. The van der Waals surface area contributed by atoms with Crippen molar-refractivity contribution >= 4 is 21.5 Å². The predicted octanol–water partition coefficient (Wildman–Crippen LogP) is 1.93. The average Bonchev–Trinajstić information content (AvgIpc) is 2.49. The van der Waals surface area contributed by atoms with Crippen molar-refractivity contribution in [3.05, 3.63) is 47.9 Å². The molecule has 0 bridgehead atoms. The van der Waals surface area contributed by atoms with Crippen LogP contribution in [0.4, 0.5) is 15.9 Å². The van der Waals surface area contributed by atoms with E-state index in [1.165, 1.54) is 24.4 Å². The molecule has 0 atom stereocenters. The SMILES string of the molecule is CNc1cc(S(=O)(=O)Nc2ccc(F)c(C#N)c2)ccn1. The zero-order valence-electron chi connectivity index (χ0n) is 11.0. The summed E-state index contributed by atoms with van der Waals surface area (Å²) in [7, 11) is -2.23. The van der Waals surface area contributed by atoms with E-state index in [0.29, 0.717) is 5.82 Å². The minimum absolute atomic E-state index is 0.00434. The van der Waals surface area contributed by atoms with Gasteiger partial charge in [-0.3, -0.25) is 4.72 Å². The van der Waals surface area contributed by atoms with Crippen LogP contribution in [0.5, 0.6) is 0 Å². The van der Waals surface area contributed by atoms with Crippen molar-refractivity contribution in [3.63, 3.8) is 0 Å². The van der Waals surface area contributed by atoms with Gasteiger partial charge in [-0.05, 0) is 24.3 Å². The number of nitriles is 1. The van der Waals surface area contributed by atoms with Crippen molar-refractivity contribution in [1.82, 2.24) is 4.98 Å². The topological polar surface area (TPSA) is 94.9 Å². The number of nitrogens with one attached hydrogen (secondary N) is 2. The van der Waals surface area contributed by atoms with E-state index in [2.05, 4.69) is 15.0 Å². The van der Waals surface area contributed by atoms with Gasteiger partial charge >= 0.3 is 0 Å². The third kappa shape index (κ3) is 3.27. The Morgan fingerprint density at radius 3 is 2.71 bits per heavy atom. The van der Waals surface area contributed by atoms with E-state index in [9.17, 15) is 12.8 Å². The number of benzene rings is 1. The molecule has 0 amide bonds. The minimum Gasteiger partial charge on any atom is -0.373 e. The molecule has 0 radical (unpaired) electrons. The standard InChI is InChI=1S/C13H11FN4O2S/c1-16-13-7-11(4-5-17-13)21(19,20)18-10-2-3-12(14)9(6-10)8-15/h2-7,18H,1H3,(H,16,17). The monoisotopic (exact) mass is 306 g/mol. The van der Waals surface area contributed by atoms with Gasteiger partial charge in [0.1, 0.15) is 17.7 Å². The van der Waals surface area contributed by atoms with Crippen LogP contribution in [-0.2, 0) is 10.0 Å². The van der Waals surface area contributed by atoms with Crippen LogP contribution in [0.2, 0.25) is 0 Å². The van der Waals surface area contributed by atoms with Crippen molar-refractivity contribution in [2.75, 3.05) is 17.1 Å². The first kappa shape index (κ1) is 14.7. The van der Waals surface area contributed by atoms with Crippen molar-refractivity contribution in [1.29, 1.82) is 5.26 Å². The molecule has 0 unspecified atom stereocenters. The lowest BCUT2D eigenvalue weighted by Crippen LogP contribution is -2.13. The van der Waals surface area contributed by atoms with Crippen LogP contribution in [0.25, 0.3) is 0 Å². The second-order valence-electron chi connectivity index (χ2n) is 4.04. The molecule has 6 nitrogen and oxygen atoms in total. The summed E-state index contributed by atoms with van der Waals surface area (Å²) in [5, 5.41) is 11.5. The molecular formula is C13H11FN4O2S. The van der Waals surface area contributed by atoms with Crippen LogP contribution in [0.1, 0.15) is 5.56 Å². The molecule has 0 aliphatic rings. The molecule has 21 heavy (non-hydrogen) atoms. The van der Waals surface area contributed by atoms with Crippen molar-refractivity contribution in [2.45, 2.75) is 4.90 Å². The number of nitrogens with zero attached hydrogens (tertiary/aromatic N) is 2. The van der Waals surface area contributed by atoms with Gasteiger partial charge < -0.3 is 5.32 Å². The quantitative estimate of drug-likeness (QED) is 0.900. The van der Waals surface area contributed by atoms with Gasteiger partial charge in [0.2, 0.25) is 0 Å². The first-order valence-corrected chi connectivity index (χ1v) is 7.31. The molecule has 1 aromatic heterocycles. The summed E-state index contributed by atoms with van der Waals surface area (Å²) in [5.74, 6) is -0.309. The molecule has 2 rings (SSSR count). The van der Waals surface area contributed by atoms with Crippen LogP contribution in [0, 0.1) is 17.1 Å². The Hall–Kier alpha value is -2.66. The number of rotatable bonds is 4. The molecule has 0 aliphatic carbocycles. The maximum Gasteiger partial charge on any atom is 0.262 e. The third-order valence-electron chi connectivity index (χ3n) is 2.64. The van der Waals surface area contributed by atoms with Gasteiger partial charge in [-0.25, -0.2) is 17.8 Å². The van der Waals surface area contributed by atoms with Crippen molar-refractivity contribution in [2.24, 2.45) is 0 Å². The van der Waals surface area contributed by atoms with Crippen molar-refractivity contribution < 1.29 is 12.8 Å². The van der Waals surface area contributed by atoms with E-state index in [-0.39, 0.29) is 16.1 Å². The zero-order valence-corrected chi connectivity index (χ0v) is 11.8. The lowest BCUT2D eigenvalue weighted by molar-refractivity contribution is 0.601. The van der Waals surface area contributed by atoms with Gasteiger partial charge in [-0.1, -0.05) is 0 Å². The van der Waals surface area contributed by atoms with Gasteiger partial charge in [0, 0.05) is 19.3 Å². The molecule has 108 valence electrons. The zero-order chi connectivity index (χ0) is 15.5. The number of sulfonamides is 1. The molecule has 0 spiro atoms. The van der Waals surface area contributed by atoms with E-state index in [1.54, 1.807) is 13.1 Å². The maximum absolute atomic E-state index is 13.2. The number of halogens is 1. The van der Waals surface area contributed by atoms with E-state index < -0.39 is 15.8 Å². The summed E-state index contributed by atoms with van der Waals surface area (Å²) in [5.41, 5.74) is -0.128. The molecule has 0 saturated carbocycles. The fraction of sp³-hybridized carbons (Fsp3) is 0.0769. The molecule has 0 fully saturated rings. The Bertz CT molecular complexity index is 815. The summed E-state index contributed by atoms with van der Waals surface area (Å²) in [6.45, 7) is 0. The molecule has 8 heteroatoms. The highest BCUT2D eigenvalue weighted by Crippen LogP contribution is 2.19. The molecule has 1 heterocycles. The second-order valence-corrected chi connectivity index (χ2v) is 5.72. The number of hydrogen-bond donors (Lipinski definition) is 2. The Morgan fingerprint density at radius 1 is 1.29 bits per heavy atom. The highest BCUT2D eigenvalue weighted by atomic mass is 32.2. The molecule has 2 aromatic rings. The molecule has 1 aromatic carbocycles. The molecule has 2 N–H and O–H groups in total. The lowest BCUT2D eigenvalue weighted by atomic mass is 10.2. The fourth-order valence-corrected chi connectivity index (χ4v) is 2.67. The van der Waals surface area contributed by atoms with Crippen LogP contribution < -0.4 is 10.0 Å². The van der Waals surface area contributed by atoms with Crippen LogP contribution in [0.15, 0.2) is 41.4 Å². The first-order valence-electron chi connectivity index (χ1n) is 5.82. The van der Waals surface area contributed by atoms with E-state index >= 15 is 0 Å². The smallest absolute Gasteiger partial charge is 0.262 e. The number of aromatic nitrogens is 1. The lowest BCUT2D eigenvalue weighted by Gasteiger charge is -2.09. The predicted molar refractivity (Wildman–Crippen MR) is 75.7 cm³/mol. The average molecular weight is 306 g/mol. The fourth-order valence-electron chi connectivity index (χ4n) is 1.60. The summed E-state index contributed by atoms with van der Waals surface area (Å²) < 4.78 is 39.9. The van der Waals surface area contributed by atoms with Crippen LogP contribution in [-0.4, -0.2) is 20.4 Å². The van der Waals surface area contributed by atoms with E-state index in [4.69, 9.17) is 5.26 Å². The van der Waals surface area contributed by atoms with Crippen LogP contribution in [0.3, 0.4) is 0 Å². The minimum atomic E-state index is -3.85. The highest BCUT2D eigenvalue weighted by molar-refractivity contribution is 7.92. The Kier molecular flexibility index (Phi) is 4.05. The number of anilines is 2. The Labute approximate surface area is 121 Å². The van der Waals surface area contributed by atoms with E-state index in [1.807, 2.05) is 0 Å².